The Morgan fingerprint density at radius 2 is 1.76 bits per heavy atom. The highest BCUT2D eigenvalue weighted by Crippen LogP contribution is 2.18. The van der Waals surface area contributed by atoms with Crippen molar-refractivity contribution in [2.45, 2.75) is 32.7 Å². The summed E-state index contributed by atoms with van der Waals surface area (Å²) in [6.45, 7) is 11.8. The van der Waals surface area contributed by atoms with E-state index in [0.717, 1.165) is 32.7 Å². The number of piperazine rings is 1. The van der Waals surface area contributed by atoms with Gasteiger partial charge in [-0.25, -0.2) is 0 Å². The van der Waals surface area contributed by atoms with E-state index in [2.05, 4.69) is 30.6 Å². The zero-order chi connectivity index (χ0) is 15.5. The highest BCUT2D eigenvalue weighted by atomic mass is 35.5. The molecule has 0 aromatic heterocycles. The molecule has 0 spiro atoms. The molecule has 1 aromatic rings. The van der Waals surface area contributed by atoms with Crippen molar-refractivity contribution in [3.05, 3.63) is 34.9 Å². The summed E-state index contributed by atoms with van der Waals surface area (Å²) in [4.78, 5) is 17.1. The minimum Gasteiger partial charge on any atom is -0.300 e. The van der Waals surface area contributed by atoms with Crippen LogP contribution in [0.15, 0.2) is 24.3 Å². The number of benzene rings is 1. The summed E-state index contributed by atoms with van der Waals surface area (Å²) in [5, 5.41) is 0.556. The first kappa shape index (κ1) is 16.5. The molecule has 2 rings (SSSR count). The van der Waals surface area contributed by atoms with Gasteiger partial charge < -0.3 is 4.90 Å². The third-order valence-corrected chi connectivity index (χ3v) is 4.48. The van der Waals surface area contributed by atoms with E-state index >= 15 is 0 Å². The van der Waals surface area contributed by atoms with Crippen LogP contribution >= 0.6 is 11.6 Å². The molecular formula is C17H25ClN2O. The van der Waals surface area contributed by atoms with E-state index in [0.29, 0.717) is 17.0 Å². The monoisotopic (exact) mass is 308 g/mol. The maximum Gasteiger partial charge on any atom is 0.165 e. The normalized spacial score (nSPS) is 17.9. The summed E-state index contributed by atoms with van der Waals surface area (Å²) < 4.78 is 0. The summed E-state index contributed by atoms with van der Waals surface area (Å²) in [5.74, 6) is 0.138. The smallest absolute Gasteiger partial charge is 0.165 e. The van der Waals surface area contributed by atoms with Crippen molar-refractivity contribution in [2.24, 2.45) is 0 Å². The summed E-state index contributed by atoms with van der Waals surface area (Å²) in [6, 6.07) is 7.30. The standard InChI is InChI=1S/C17H25ClN2O/c1-17(2,3)20-12-10-19(11-13-20)9-8-16(21)14-6-4-5-7-15(14)18/h4-7H,8-13H2,1-3H3. The molecule has 1 aromatic carbocycles. The number of carbonyl (C=O) groups is 1. The van der Waals surface area contributed by atoms with Gasteiger partial charge in [-0.05, 0) is 32.9 Å². The van der Waals surface area contributed by atoms with Crippen LogP contribution in [0.3, 0.4) is 0 Å². The van der Waals surface area contributed by atoms with E-state index in [4.69, 9.17) is 11.6 Å². The van der Waals surface area contributed by atoms with Crippen LogP contribution in [0.4, 0.5) is 0 Å². The van der Waals surface area contributed by atoms with Crippen molar-refractivity contribution < 1.29 is 4.79 Å². The van der Waals surface area contributed by atoms with Gasteiger partial charge >= 0.3 is 0 Å². The highest BCUT2D eigenvalue weighted by Gasteiger charge is 2.25. The number of hydrogen-bond acceptors (Lipinski definition) is 3. The molecular weight excluding hydrogens is 284 g/mol. The molecule has 1 heterocycles. The molecule has 0 amide bonds. The Balaban J connectivity index is 1.80. The second kappa shape index (κ2) is 6.91. The van der Waals surface area contributed by atoms with Gasteiger partial charge in [0, 0.05) is 50.2 Å². The molecule has 0 atom stereocenters. The molecule has 0 radical (unpaired) electrons. The van der Waals surface area contributed by atoms with Gasteiger partial charge in [0.15, 0.2) is 5.78 Å². The van der Waals surface area contributed by atoms with Crippen LogP contribution in [-0.2, 0) is 0 Å². The molecule has 1 saturated heterocycles. The van der Waals surface area contributed by atoms with E-state index in [1.165, 1.54) is 0 Å². The second-order valence-electron chi connectivity index (χ2n) is 6.65. The van der Waals surface area contributed by atoms with E-state index < -0.39 is 0 Å². The zero-order valence-electron chi connectivity index (χ0n) is 13.2. The number of nitrogens with zero attached hydrogens (tertiary/aromatic N) is 2. The molecule has 0 aliphatic carbocycles. The number of carbonyl (C=O) groups excluding carboxylic acids is 1. The fourth-order valence-corrected chi connectivity index (χ4v) is 2.97. The lowest BCUT2D eigenvalue weighted by atomic mass is 10.0. The molecule has 0 bridgehead atoms. The molecule has 1 aliphatic heterocycles. The van der Waals surface area contributed by atoms with Gasteiger partial charge in [-0.1, -0.05) is 23.7 Å². The SMILES string of the molecule is CC(C)(C)N1CCN(CCC(=O)c2ccccc2Cl)CC1. The minimum absolute atomic E-state index is 0.138. The highest BCUT2D eigenvalue weighted by molar-refractivity contribution is 6.33. The van der Waals surface area contributed by atoms with Crippen LogP contribution in [0.5, 0.6) is 0 Å². The zero-order valence-corrected chi connectivity index (χ0v) is 14.0. The molecule has 0 unspecified atom stereocenters. The van der Waals surface area contributed by atoms with Crippen LogP contribution in [0.25, 0.3) is 0 Å². The predicted octanol–water partition coefficient (Wildman–Crippen LogP) is 3.33. The first-order valence-electron chi connectivity index (χ1n) is 7.63. The molecule has 1 fully saturated rings. The first-order chi connectivity index (χ1) is 9.88. The lowest BCUT2D eigenvalue weighted by molar-refractivity contribution is 0.0602. The van der Waals surface area contributed by atoms with E-state index in [-0.39, 0.29) is 11.3 Å². The van der Waals surface area contributed by atoms with E-state index in [1.807, 2.05) is 18.2 Å². The largest absolute Gasteiger partial charge is 0.300 e. The van der Waals surface area contributed by atoms with Crippen LogP contribution in [-0.4, -0.2) is 53.8 Å². The van der Waals surface area contributed by atoms with Crippen molar-refractivity contribution in [1.82, 2.24) is 9.80 Å². The molecule has 3 nitrogen and oxygen atoms in total. The van der Waals surface area contributed by atoms with Gasteiger partial charge in [0.25, 0.3) is 0 Å². The number of halogens is 1. The van der Waals surface area contributed by atoms with Crippen molar-refractivity contribution in [2.75, 3.05) is 32.7 Å². The van der Waals surface area contributed by atoms with Gasteiger partial charge in [0.05, 0.1) is 5.02 Å². The first-order valence-corrected chi connectivity index (χ1v) is 8.01. The quantitative estimate of drug-likeness (QED) is 0.797. The average Bonchev–Trinajstić information content (AvgIpc) is 2.45. The summed E-state index contributed by atoms with van der Waals surface area (Å²) in [7, 11) is 0. The topological polar surface area (TPSA) is 23.6 Å². The number of Topliss-reactive ketones (excluding diaryl/α,β-unsaturated/α-hetero) is 1. The van der Waals surface area contributed by atoms with Gasteiger partial charge in [0.1, 0.15) is 0 Å². The minimum atomic E-state index is 0.138. The van der Waals surface area contributed by atoms with Crippen LogP contribution in [0.2, 0.25) is 5.02 Å². The Bertz CT molecular complexity index is 488. The number of rotatable bonds is 4. The number of ketones is 1. The molecule has 4 heteroatoms. The summed E-state index contributed by atoms with van der Waals surface area (Å²) >= 11 is 6.07. The lowest BCUT2D eigenvalue weighted by Gasteiger charge is -2.42. The lowest BCUT2D eigenvalue weighted by Crippen LogP contribution is -2.53. The predicted molar refractivity (Wildman–Crippen MR) is 88.2 cm³/mol. The fourth-order valence-electron chi connectivity index (χ4n) is 2.72. The van der Waals surface area contributed by atoms with Crippen molar-refractivity contribution in [1.29, 1.82) is 0 Å². The third kappa shape index (κ3) is 4.53. The van der Waals surface area contributed by atoms with Gasteiger partial charge in [-0.15, -0.1) is 0 Å². The van der Waals surface area contributed by atoms with Gasteiger partial charge in [-0.2, -0.15) is 0 Å². The molecule has 1 aliphatic rings. The average molecular weight is 309 g/mol. The maximum atomic E-state index is 12.2. The summed E-state index contributed by atoms with van der Waals surface area (Å²) in [6.07, 6.45) is 0.541. The molecule has 116 valence electrons. The Hall–Kier alpha value is -0.900. The molecule has 0 saturated carbocycles. The van der Waals surface area contributed by atoms with Crippen molar-refractivity contribution >= 4 is 17.4 Å². The Morgan fingerprint density at radius 1 is 1.14 bits per heavy atom. The van der Waals surface area contributed by atoms with Crippen molar-refractivity contribution in [3.8, 4) is 0 Å². The number of hydrogen-bond donors (Lipinski definition) is 0. The maximum absolute atomic E-state index is 12.2. The third-order valence-electron chi connectivity index (χ3n) is 4.15. The van der Waals surface area contributed by atoms with Crippen molar-refractivity contribution in [3.63, 3.8) is 0 Å². The Labute approximate surface area is 132 Å². The Kier molecular flexibility index (Phi) is 5.42. The summed E-state index contributed by atoms with van der Waals surface area (Å²) in [5.41, 5.74) is 0.881. The van der Waals surface area contributed by atoms with Crippen LogP contribution in [0, 0.1) is 0 Å². The second-order valence-corrected chi connectivity index (χ2v) is 7.06. The Morgan fingerprint density at radius 3 is 2.33 bits per heavy atom. The molecule has 21 heavy (non-hydrogen) atoms. The fraction of sp³-hybridized carbons (Fsp3) is 0.588. The van der Waals surface area contributed by atoms with Gasteiger partial charge in [0.2, 0.25) is 0 Å². The van der Waals surface area contributed by atoms with E-state index in [1.54, 1.807) is 6.07 Å². The van der Waals surface area contributed by atoms with Crippen LogP contribution < -0.4 is 0 Å². The van der Waals surface area contributed by atoms with E-state index in [9.17, 15) is 4.79 Å². The molecule has 0 N–H and O–H groups in total. The van der Waals surface area contributed by atoms with Gasteiger partial charge in [-0.3, -0.25) is 9.69 Å². The van der Waals surface area contributed by atoms with Crippen LogP contribution in [0.1, 0.15) is 37.6 Å².